The molecule has 9 rings (SSSR count). The number of nitrogens with zero attached hydrogens (tertiary/aromatic N) is 3. The van der Waals surface area contributed by atoms with Crippen LogP contribution in [0.4, 0.5) is 0 Å². The first-order chi connectivity index (χ1) is 20.7. The molecule has 0 saturated heterocycles. The van der Waals surface area contributed by atoms with Crippen LogP contribution in [-0.2, 0) is 0 Å². The molecule has 6 aromatic rings. The van der Waals surface area contributed by atoms with E-state index in [0.29, 0.717) is 18.1 Å². The first kappa shape index (κ1) is 39.3. The summed E-state index contributed by atoms with van der Waals surface area (Å²) < 4.78 is 10.9. The molecule has 0 aliphatic carbocycles. The van der Waals surface area contributed by atoms with E-state index >= 15 is 0 Å². The molecule has 0 saturated carbocycles. The third kappa shape index (κ3) is 8.04. The van der Waals surface area contributed by atoms with Crippen molar-refractivity contribution in [3.8, 4) is 0 Å². The third-order valence-electron chi connectivity index (χ3n) is 7.74. The van der Waals surface area contributed by atoms with Gasteiger partial charge < -0.3 is 71.9 Å². The molecule has 0 radical (unpaired) electrons. The van der Waals surface area contributed by atoms with Crippen LogP contribution in [0.15, 0.2) is 88.3 Å². The van der Waals surface area contributed by atoms with Crippen LogP contribution in [0.3, 0.4) is 0 Å². The number of aromatic amines is 3. The predicted octanol–water partition coefficient (Wildman–Crippen LogP) is -1.38. The number of fused-ring (bicyclic) bond motifs is 9. The van der Waals surface area contributed by atoms with Gasteiger partial charge >= 0.3 is 15.5 Å². The molecule has 0 fully saturated rings. The fourth-order valence-electron chi connectivity index (χ4n) is 5.72. The van der Waals surface area contributed by atoms with Gasteiger partial charge in [-0.1, -0.05) is 104 Å². The van der Waals surface area contributed by atoms with E-state index < -0.39 is 0 Å². The van der Waals surface area contributed by atoms with Gasteiger partial charge in [-0.25, -0.2) is 28.7 Å². The molecule has 6 heterocycles. The van der Waals surface area contributed by atoms with Gasteiger partial charge in [0.2, 0.25) is 0 Å². The number of thioether (sulfide) groups is 3. The molecular formula is C30H30I6N6S3. The number of hydrogen-bond donors (Lipinski definition) is 3. The zero-order chi connectivity index (χ0) is 28.6. The molecule has 0 bridgehead atoms. The highest BCUT2D eigenvalue weighted by Crippen LogP contribution is 2.31. The predicted molar refractivity (Wildman–Crippen MR) is 201 cm³/mol. The van der Waals surface area contributed by atoms with Crippen LogP contribution in [0.25, 0.3) is 33.1 Å². The van der Waals surface area contributed by atoms with Crippen LogP contribution < -0.4 is 85.6 Å². The summed E-state index contributed by atoms with van der Waals surface area (Å²) in [5.41, 5.74) is 7.79. The van der Waals surface area contributed by atoms with Crippen molar-refractivity contribution < 1.29 is 85.6 Å². The van der Waals surface area contributed by atoms with Gasteiger partial charge in [0.05, 0.1) is 0 Å². The van der Waals surface area contributed by atoms with Gasteiger partial charge in [0, 0.05) is 30.5 Å². The van der Waals surface area contributed by atoms with Gasteiger partial charge in [0.25, 0.3) is 0 Å². The van der Waals surface area contributed by atoms with E-state index in [0.717, 1.165) is 0 Å². The summed E-state index contributed by atoms with van der Waals surface area (Å²) in [5, 5.41) is 3.94. The Labute approximate surface area is 367 Å². The van der Waals surface area contributed by atoms with E-state index in [-0.39, 0.29) is 71.9 Å². The van der Waals surface area contributed by atoms with Crippen molar-refractivity contribution >= 4 is 136 Å². The summed E-state index contributed by atoms with van der Waals surface area (Å²) in [4.78, 5) is 10.4. The van der Waals surface area contributed by atoms with E-state index in [4.69, 9.17) is 0 Å². The Balaban J connectivity index is 0.000000149. The van der Waals surface area contributed by atoms with Crippen LogP contribution >= 0.6 is 103 Å². The van der Waals surface area contributed by atoms with Gasteiger partial charge in [-0.15, -0.1) is 0 Å². The molecule has 3 aliphatic heterocycles. The van der Waals surface area contributed by atoms with Gasteiger partial charge in [0.15, 0.2) is 33.1 Å². The molecule has 240 valence electrons. The smallest absolute Gasteiger partial charge is 0.317 e. The van der Waals surface area contributed by atoms with Crippen molar-refractivity contribution in [1.29, 1.82) is 0 Å². The second kappa shape index (κ2) is 18.1. The molecule has 3 atom stereocenters. The number of rotatable bonds is 3. The lowest BCUT2D eigenvalue weighted by molar-refractivity contribution is -0.719. The van der Waals surface area contributed by atoms with Gasteiger partial charge in [-0.3, -0.25) is 0 Å². The van der Waals surface area contributed by atoms with Crippen molar-refractivity contribution in [2.45, 2.75) is 33.6 Å². The minimum absolute atomic E-state index is 0. The number of halogens is 6. The lowest BCUT2D eigenvalue weighted by Gasteiger charge is -2.01. The Hall–Kier alpha value is 1.50. The van der Waals surface area contributed by atoms with Crippen LogP contribution in [0.1, 0.15) is 18.1 Å². The summed E-state index contributed by atoms with van der Waals surface area (Å²) in [6.07, 6.45) is 0. The Kier molecular flexibility index (Phi) is 15.8. The first-order valence-electron chi connectivity index (χ1n) is 13.8. The lowest BCUT2D eigenvalue weighted by Crippen LogP contribution is -3.00. The number of nitrogens with one attached hydrogen (secondary N) is 3. The molecule has 45 heavy (non-hydrogen) atoms. The van der Waals surface area contributed by atoms with Crippen molar-refractivity contribution in [2.75, 3.05) is 30.5 Å². The summed E-state index contributed by atoms with van der Waals surface area (Å²) in [6, 6.07) is 27.6. The molecule has 3 N–H and O–H groups in total. The SMILES string of the molecule is ICC1CSc2[nH]c3ccccc3[n+]21.ICC1CSc2[nH]c3ccccc3[n+]21.ICC1CSc2[nH]c3ccccc3[n+]21.[I-].[I-].[I-]. The Bertz CT molecular complexity index is 1660. The molecule has 3 unspecified atom stereocenters. The van der Waals surface area contributed by atoms with E-state index in [9.17, 15) is 0 Å². The fourth-order valence-corrected chi connectivity index (χ4v) is 12.7. The number of para-hydroxylation sites is 6. The molecule has 15 heteroatoms. The Morgan fingerprint density at radius 3 is 1.02 bits per heavy atom. The largest absolute Gasteiger partial charge is 1.00 e. The second-order valence-electron chi connectivity index (χ2n) is 10.3. The van der Waals surface area contributed by atoms with Crippen molar-refractivity contribution in [1.82, 2.24) is 15.0 Å². The number of imidazole rings is 3. The highest BCUT2D eigenvalue weighted by Gasteiger charge is 2.34. The van der Waals surface area contributed by atoms with Gasteiger partial charge in [0.1, 0.15) is 18.1 Å². The van der Waals surface area contributed by atoms with Crippen LogP contribution in [0, 0.1) is 0 Å². The summed E-state index contributed by atoms with van der Waals surface area (Å²) >= 11 is 13.2. The van der Waals surface area contributed by atoms with Crippen molar-refractivity contribution in [3.05, 3.63) is 72.8 Å². The fraction of sp³-hybridized carbons (Fsp3) is 0.300. The third-order valence-corrected chi connectivity index (χ3v) is 14.2. The topological polar surface area (TPSA) is 59.0 Å². The molecular weight excluding hydrogens is 1300 g/mol. The quantitative estimate of drug-likeness (QED) is 0.117. The zero-order valence-corrected chi connectivity index (χ0v) is 39.1. The number of hydrogen-bond acceptors (Lipinski definition) is 3. The van der Waals surface area contributed by atoms with Gasteiger partial charge in [-0.05, 0) is 71.7 Å². The summed E-state index contributed by atoms with van der Waals surface area (Å²) in [5.74, 6) is 3.62. The maximum absolute atomic E-state index is 3.46. The minimum Gasteiger partial charge on any atom is -1.00 e. The van der Waals surface area contributed by atoms with Crippen LogP contribution in [0.2, 0.25) is 0 Å². The maximum atomic E-state index is 3.46. The highest BCUT2D eigenvalue weighted by atomic mass is 127. The van der Waals surface area contributed by atoms with Crippen LogP contribution in [0.5, 0.6) is 0 Å². The highest BCUT2D eigenvalue weighted by molar-refractivity contribution is 14.1. The van der Waals surface area contributed by atoms with E-state index in [1.807, 2.05) is 35.3 Å². The summed E-state index contributed by atoms with van der Waals surface area (Å²) in [6.45, 7) is 0. The number of H-pyrrole nitrogens is 3. The monoisotopic (exact) mass is 1330 g/mol. The minimum atomic E-state index is 0. The standard InChI is InChI=1S/3C10H9IN2S.3HI/c3*11-5-7-6-14-10-12-8-3-1-2-4-9(8)13(7)10;;;/h3*1-4,7H,5-6H2;3*1H. The molecule has 0 spiro atoms. The molecule has 6 nitrogen and oxygen atoms in total. The maximum Gasteiger partial charge on any atom is 0.317 e. The molecule has 3 aromatic carbocycles. The van der Waals surface area contributed by atoms with Gasteiger partial charge in [-0.2, -0.15) is 0 Å². The molecule has 0 amide bonds. The number of aromatic nitrogens is 6. The molecule has 3 aromatic heterocycles. The Morgan fingerprint density at radius 1 is 0.489 bits per heavy atom. The normalized spacial score (nSPS) is 18.9. The first-order valence-corrected chi connectivity index (χ1v) is 21.4. The second-order valence-corrected chi connectivity index (χ2v) is 16.0. The summed E-state index contributed by atoms with van der Waals surface area (Å²) in [7, 11) is 0. The van der Waals surface area contributed by atoms with Crippen molar-refractivity contribution in [3.63, 3.8) is 0 Å². The van der Waals surface area contributed by atoms with E-state index in [1.54, 1.807) is 0 Å². The number of benzene rings is 3. The van der Waals surface area contributed by atoms with Crippen LogP contribution in [-0.4, -0.2) is 45.5 Å². The molecule has 3 aliphatic rings. The van der Waals surface area contributed by atoms with E-state index in [1.165, 1.54) is 79.1 Å². The van der Waals surface area contributed by atoms with Crippen molar-refractivity contribution in [2.24, 2.45) is 0 Å². The Morgan fingerprint density at radius 2 is 0.756 bits per heavy atom. The van der Waals surface area contributed by atoms with E-state index in [2.05, 4.69) is 169 Å². The lowest BCUT2D eigenvalue weighted by atomic mass is 10.3. The zero-order valence-electron chi connectivity index (χ0n) is 23.7. The average molecular weight is 1330 g/mol. The average Bonchev–Trinajstić information content (AvgIpc) is 3.85. The number of alkyl halides is 3.